The molecule has 9 nitrogen and oxygen atoms in total. The molecule has 1 fully saturated rings. The Hall–Kier alpha value is -2.63. The quantitative estimate of drug-likeness (QED) is 0.0268. The first-order chi connectivity index (χ1) is 28.8. The highest BCUT2D eigenvalue weighted by molar-refractivity contribution is 5.76. The summed E-state index contributed by atoms with van der Waals surface area (Å²) >= 11 is 0. The minimum absolute atomic E-state index is 0.228. The molecule has 1 aliphatic rings. The summed E-state index contributed by atoms with van der Waals surface area (Å²) in [6, 6.07) is -0.856. The molecule has 1 rings (SSSR count). The molecule has 338 valence electrons. The Kier molecular flexibility index (Phi) is 36.4. The predicted octanol–water partition coefficient (Wildman–Crippen LogP) is 9.94. The number of allylic oxidation sites excluding steroid dienone is 13. The summed E-state index contributed by atoms with van der Waals surface area (Å²) in [5.41, 5.74) is 0. The average molecular weight is 828 g/mol. The largest absolute Gasteiger partial charge is 0.394 e. The smallest absolute Gasteiger partial charge is 0.220 e. The maximum atomic E-state index is 12.9. The van der Waals surface area contributed by atoms with Crippen molar-refractivity contribution in [3.8, 4) is 0 Å². The molecule has 59 heavy (non-hydrogen) atoms. The third kappa shape index (κ3) is 30.1. The van der Waals surface area contributed by atoms with Crippen LogP contribution in [0.5, 0.6) is 0 Å². The van der Waals surface area contributed by atoms with Crippen molar-refractivity contribution in [1.82, 2.24) is 5.32 Å². The van der Waals surface area contributed by atoms with Gasteiger partial charge in [0.25, 0.3) is 0 Å². The Labute approximate surface area is 359 Å². The van der Waals surface area contributed by atoms with Gasteiger partial charge in [0.05, 0.1) is 25.4 Å². The number of ether oxygens (including phenoxy) is 2. The van der Waals surface area contributed by atoms with Crippen molar-refractivity contribution in [2.75, 3.05) is 13.2 Å². The highest BCUT2D eigenvalue weighted by Gasteiger charge is 2.44. The molecule has 1 heterocycles. The molecule has 0 radical (unpaired) electrons. The first-order valence-corrected chi connectivity index (χ1v) is 23.3. The van der Waals surface area contributed by atoms with Crippen LogP contribution in [0.4, 0.5) is 0 Å². The van der Waals surface area contributed by atoms with Gasteiger partial charge < -0.3 is 40.3 Å². The van der Waals surface area contributed by atoms with E-state index in [1.165, 1.54) is 83.5 Å². The zero-order chi connectivity index (χ0) is 43.0. The zero-order valence-corrected chi connectivity index (χ0v) is 37.0. The first-order valence-electron chi connectivity index (χ1n) is 23.3. The van der Waals surface area contributed by atoms with Gasteiger partial charge in [-0.15, -0.1) is 0 Å². The van der Waals surface area contributed by atoms with Gasteiger partial charge in [-0.2, -0.15) is 0 Å². The number of hydrogen-bond acceptors (Lipinski definition) is 8. The minimum atomic E-state index is -1.59. The first kappa shape index (κ1) is 54.4. The molecule has 6 N–H and O–H groups in total. The Morgan fingerprint density at radius 3 is 1.63 bits per heavy atom. The van der Waals surface area contributed by atoms with E-state index in [1.54, 1.807) is 6.08 Å². The van der Waals surface area contributed by atoms with Gasteiger partial charge in [-0.05, 0) is 70.6 Å². The normalized spacial score (nSPS) is 21.5. The van der Waals surface area contributed by atoms with Gasteiger partial charge >= 0.3 is 0 Å². The molecular weight excluding hydrogens is 743 g/mol. The van der Waals surface area contributed by atoms with Gasteiger partial charge in [0, 0.05) is 6.42 Å². The Morgan fingerprint density at radius 2 is 1.07 bits per heavy atom. The molecule has 0 aromatic carbocycles. The third-order valence-corrected chi connectivity index (χ3v) is 10.5. The lowest BCUT2D eigenvalue weighted by Crippen LogP contribution is -2.60. The summed E-state index contributed by atoms with van der Waals surface area (Å²) in [5.74, 6) is -0.247. The van der Waals surface area contributed by atoms with E-state index >= 15 is 0 Å². The van der Waals surface area contributed by atoms with Gasteiger partial charge in [-0.3, -0.25) is 4.79 Å². The summed E-state index contributed by atoms with van der Waals surface area (Å²) in [4.78, 5) is 12.9. The molecule has 7 unspecified atom stereocenters. The number of carbonyl (C=O) groups excluding carboxylic acids is 1. The Bertz CT molecular complexity index is 1190. The SMILES string of the molecule is CC/C=C\C/C=C\C/C=C\C/C=C\C/C=C\CCCC(=O)NC(COC1OC(CO)C(O)C(O)C1O)C(O)/C=C/CC/C=C/CCCCCCCCCCCCCCC. The summed E-state index contributed by atoms with van der Waals surface area (Å²) in [6.07, 6.45) is 47.8. The highest BCUT2D eigenvalue weighted by atomic mass is 16.7. The predicted molar refractivity (Wildman–Crippen MR) is 244 cm³/mol. The molecule has 1 saturated heterocycles. The molecule has 1 aliphatic heterocycles. The fourth-order valence-electron chi connectivity index (χ4n) is 6.74. The number of carbonyl (C=O) groups is 1. The van der Waals surface area contributed by atoms with Crippen molar-refractivity contribution in [3.05, 3.63) is 85.1 Å². The van der Waals surface area contributed by atoms with E-state index in [1.807, 2.05) is 6.08 Å². The molecular formula is C50H85NO8. The molecule has 7 atom stereocenters. The highest BCUT2D eigenvalue weighted by Crippen LogP contribution is 2.22. The topological polar surface area (TPSA) is 149 Å². The second kappa shape index (κ2) is 39.5. The summed E-state index contributed by atoms with van der Waals surface area (Å²) < 4.78 is 11.2. The molecule has 9 heteroatoms. The van der Waals surface area contributed by atoms with Crippen LogP contribution < -0.4 is 5.32 Å². The number of unbranched alkanes of at least 4 members (excludes halogenated alkanes) is 15. The van der Waals surface area contributed by atoms with E-state index in [2.05, 4.69) is 92.1 Å². The molecule has 0 spiro atoms. The molecule has 0 aliphatic carbocycles. The van der Waals surface area contributed by atoms with Crippen LogP contribution in [0.2, 0.25) is 0 Å². The van der Waals surface area contributed by atoms with Gasteiger partial charge in [0.15, 0.2) is 6.29 Å². The van der Waals surface area contributed by atoms with Crippen molar-refractivity contribution in [2.24, 2.45) is 0 Å². The zero-order valence-electron chi connectivity index (χ0n) is 37.0. The fourth-order valence-corrected chi connectivity index (χ4v) is 6.74. The number of aliphatic hydroxyl groups excluding tert-OH is 5. The second-order valence-electron chi connectivity index (χ2n) is 15.8. The maximum absolute atomic E-state index is 12.9. The molecule has 1 amide bonds. The summed E-state index contributed by atoms with van der Waals surface area (Å²) in [7, 11) is 0. The lowest BCUT2D eigenvalue weighted by atomic mass is 9.99. The van der Waals surface area contributed by atoms with Gasteiger partial charge in [-0.1, -0.05) is 176 Å². The monoisotopic (exact) mass is 828 g/mol. The lowest BCUT2D eigenvalue weighted by Gasteiger charge is -2.40. The standard InChI is InChI=1S/C50H85NO8/c1-3-5-7-9-11-13-15-17-19-21-22-24-25-27-29-31-33-35-37-39-44(53)43(42-58-50-49(57)48(56)47(55)45(41-52)59-50)51-46(54)40-38-36-34-32-30-28-26-23-20-18-16-14-12-10-8-6-4-2/h6,8,12,14,18,20,26,28-29,31-32,34,37,39,43-45,47-50,52-53,55-57H,3-5,7,9-11,13,15-17,19,21-25,27,30,33,35-36,38,40-42H2,1-2H3,(H,51,54)/b8-6-,14-12-,20-18-,28-26-,31-29+,34-32-,39-37+. The van der Waals surface area contributed by atoms with Crippen LogP contribution in [-0.2, 0) is 14.3 Å². The van der Waals surface area contributed by atoms with E-state index in [9.17, 15) is 30.3 Å². The number of rotatable bonds is 37. The van der Waals surface area contributed by atoms with E-state index in [0.29, 0.717) is 6.42 Å². The average Bonchev–Trinajstić information content (AvgIpc) is 3.23. The van der Waals surface area contributed by atoms with Gasteiger partial charge in [-0.25, -0.2) is 0 Å². The van der Waals surface area contributed by atoms with E-state index in [-0.39, 0.29) is 18.9 Å². The molecule has 0 bridgehead atoms. The fraction of sp³-hybridized carbons (Fsp3) is 0.700. The van der Waals surface area contributed by atoms with Gasteiger partial charge in [0.2, 0.25) is 5.91 Å². The van der Waals surface area contributed by atoms with Crippen LogP contribution >= 0.6 is 0 Å². The van der Waals surface area contributed by atoms with Crippen molar-refractivity contribution < 1.29 is 39.8 Å². The van der Waals surface area contributed by atoms with Crippen molar-refractivity contribution in [3.63, 3.8) is 0 Å². The van der Waals surface area contributed by atoms with Crippen LogP contribution in [0.15, 0.2) is 85.1 Å². The molecule has 0 saturated carbocycles. The number of hydrogen-bond donors (Lipinski definition) is 6. The van der Waals surface area contributed by atoms with Crippen LogP contribution in [-0.4, -0.2) is 87.5 Å². The van der Waals surface area contributed by atoms with E-state index in [4.69, 9.17) is 9.47 Å². The van der Waals surface area contributed by atoms with Crippen LogP contribution in [0.3, 0.4) is 0 Å². The van der Waals surface area contributed by atoms with Crippen LogP contribution in [0.1, 0.15) is 168 Å². The Balaban J connectivity index is 2.43. The van der Waals surface area contributed by atoms with E-state index in [0.717, 1.165) is 57.8 Å². The van der Waals surface area contributed by atoms with Gasteiger partial charge in [0.1, 0.15) is 24.4 Å². The maximum Gasteiger partial charge on any atom is 0.220 e. The van der Waals surface area contributed by atoms with Crippen molar-refractivity contribution in [2.45, 2.75) is 211 Å². The van der Waals surface area contributed by atoms with Crippen molar-refractivity contribution in [1.29, 1.82) is 0 Å². The molecule has 0 aromatic heterocycles. The van der Waals surface area contributed by atoms with Crippen LogP contribution in [0.25, 0.3) is 0 Å². The third-order valence-electron chi connectivity index (χ3n) is 10.5. The number of aliphatic hydroxyl groups is 5. The minimum Gasteiger partial charge on any atom is -0.394 e. The second-order valence-corrected chi connectivity index (χ2v) is 15.8. The van der Waals surface area contributed by atoms with Crippen molar-refractivity contribution >= 4 is 5.91 Å². The Morgan fingerprint density at radius 1 is 0.593 bits per heavy atom. The van der Waals surface area contributed by atoms with Crippen LogP contribution in [0, 0.1) is 0 Å². The number of nitrogens with one attached hydrogen (secondary N) is 1. The number of amides is 1. The lowest BCUT2D eigenvalue weighted by molar-refractivity contribution is -0.302. The summed E-state index contributed by atoms with van der Waals surface area (Å²) in [5, 5.41) is 54.1. The molecule has 0 aromatic rings. The summed E-state index contributed by atoms with van der Waals surface area (Å²) in [6.45, 7) is 3.59. The van der Waals surface area contributed by atoms with E-state index < -0.39 is 49.5 Å².